The summed E-state index contributed by atoms with van der Waals surface area (Å²) >= 11 is 0. The molecule has 9 heteroatoms. The molecule has 0 spiro atoms. The van der Waals surface area contributed by atoms with Crippen molar-refractivity contribution in [3.05, 3.63) is 65.9 Å². The molecule has 3 rings (SSSR count). The maximum atomic E-state index is 13.4. The first-order valence-corrected chi connectivity index (χ1v) is 9.11. The SMILES string of the molecule is CCCOc1ccc(Nc2ncc(C(F)(F)F)c(Nc3ccccc3C#N)n2)cc1. The van der Waals surface area contributed by atoms with Crippen LogP contribution in [0.5, 0.6) is 5.75 Å². The molecule has 0 radical (unpaired) electrons. The maximum Gasteiger partial charge on any atom is 0.421 e. The first-order valence-electron chi connectivity index (χ1n) is 9.11. The predicted octanol–water partition coefficient (Wildman–Crippen LogP) is 5.64. The lowest BCUT2D eigenvalue weighted by molar-refractivity contribution is -0.137. The number of rotatable bonds is 7. The van der Waals surface area contributed by atoms with Gasteiger partial charge in [0.1, 0.15) is 23.2 Å². The third-order valence-corrected chi connectivity index (χ3v) is 3.98. The summed E-state index contributed by atoms with van der Waals surface area (Å²) in [5.74, 6) is 0.207. The number of ether oxygens (including phenoxy) is 1. The number of hydrogen-bond donors (Lipinski definition) is 2. The van der Waals surface area contributed by atoms with Crippen LogP contribution >= 0.6 is 0 Å². The van der Waals surface area contributed by atoms with Gasteiger partial charge in [-0.1, -0.05) is 19.1 Å². The van der Waals surface area contributed by atoms with Crippen molar-refractivity contribution in [2.24, 2.45) is 0 Å². The molecule has 154 valence electrons. The van der Waals surface area contributed by atoms with E-state index in [1.54, 1.807) is 36.4 Å². The van der Waals surface area contributed by atoms with E-state index in [0.717, 1.165) is 6.42 Å². The molecule has 0 saturated carbocycles. The minimum absolute atomic E-state index is 0.0258. The van der Waals surface area contributed by atoms with Crippen LogP contribution in [0, 0.1) is 11.3 Å². The Morgan fingerprint density at radius 2 is 1.80 bits per heavy atom. The van der Waals surface area contributed by atoms with E-state index in [2.05, 4.69) is 20.6 Å². The first-order chi connectivity index (χ1) is 14.4. The predicted molar refractivity (Wildman–Crippen MR) is 107 cm³/mol. The van der Waals surface area contributed by atoms with Crippen LogP contribution in [0.1, 0.15) is 24.5 Å². The number of halogens is 3. The van der Waals surface area contributed by atoms with Crippen LogP contribution in [-0.4, -0.2) is 16.6 Å². The van der Waals surface area contributed by atoms with E-state index in [9.17, 15) is 18.4 Å². The minimum Gasteiger partial charge on any atom is -0.494 e. The van der Waals surface area contributed by atoms with Gasteiger partial charge < -0.3 is 15.4 Å². The molecular weight excluding hydrogens is 395 g/mol. The molecule has 0 aliphatic rings. The zero-order valence-electron chi connectivity index (χ0n) is 16.0. The molecule has 0 aliphatic heterocycles. The number of benzene rings is 2. The second-order valence-electron chi connectivity index (χ2n) is 6.23. The molecule has 0 aliphatic carbocycles. The van der Waals surface area contributed by atoms with Gasteiger partial charge in [0.25, 0.3) is 0 Å². The number of hydrogen-bond acceptors (Lipinski definition) is 6. The monoisotopic (exact) mass is 413 g/mol. The minimum atomic E-state index is -4.67. The fourth-order valence-corrected chi connectivity index (χ4v) is 2.55. The van der Waals surface area contributed by atoms with Gasteiger partial charge in [0.2, 0.25) is 5.95 Å². The van der Waals surface area contributed by atoms with Crippen LogP contribution in [0.4, 0.5) is 36.3 Å². The van der Waals surface area contributed by atoms with Gasteiger partial charge in [-0.2, -0.15) is 23.4 Å². The highest BCUT2D eigenvalue weighted by Crippen LogP contribution is 2.35. The Balaban J connectivity index is 1.88. The molecule has 1 aromatic heterocycles. The number of nitriles is 1. The van der Waals surface area contributed by atoms with E-state index >= 15 is 0 Å². The van der Waals surface area contributed by atoms with Crippen molar-refractivity contribution in [2.75, 3.05) is 17.2 Å². The first kappa shape index (κ1) is 20.9. The molecule has 1 heterocycles. The van der Waals surface area contributed by atoms with Gasteiger partial charge in [0.15, 0.2) is 0 Å². The third kappa shape index (κ3) is 5.17. The van der Waals surface area contributed by atoms with Crippen LogP contribution < -0.4 is 15.4 Å². The van der Waals surface area contributed by atoms with Crippen molar-refractivity contribution in [3.63, 3.8) is 0 Å². The van der Waals surface area contributed by atoms with Crippen LogP contribution in [-0.2, 0) is 6.18 Å². The maximum absolute atomic E-state index is 13.4. The average Bonchev–Trinajstić information content (AvgIpc) is 2.73. The Kier molecular flexibility index (Phi) is 6.37. The molecule has 0 amide bonds. The van der Waals surface area contributed by atoms with Crippen LogP contribution in [0.2, 0.25) is 0 Å². The van der Waals surface area contributed by atoms with E-state index in [1.807, 2.05) is 13.0 Å². The number of nitrogens with one attached hydrogen (secondary N) is 2. The highest BCUT2D eigenvalue weighted by Gasteiger charge is 2.35. The smallest absolute Gasteiger partial charge is 0.421 e. The quantitative estimate of drug-likeness (QED) is 0.521. The molecule has 0 atom stereocenters. The average molecular weight is 413 g/mol. The second kappa shape index (κ2) is 9.13. The molecule has 6 nitrogen and oxygen atoms in total. The van der Waals surface area contributed by atoms with Crippen molar-refractivity contribution in [3.8, 4) is 11.8 Å². The normalized spacial score (nSPS) is 10.9. The molecule has 30 heavy (non-hydrogen) atoms. The van der Waals surface area contributed by atoms with Crippen LogP contribution in [0.15, 0.2) is 54.7 Å². The largest absolute Gasteiger partial charge is 0.494 e. The molecule has 2 N–H and O–H groups in total. The zero-order chi connectivity index (χ0) is 21.6. The lowest BCUT2D eigenvalue weighted by Gasteiger charge is -2.15. The second-order valence-corrected chi connectivity index (χ2v) is 6.23. The summed E-state index contributed by atoms with van der Waals surface area (Å²) in [7, 11) is 0. The fraction of sp³-hybridized carbons (Fsp3) is 0.190. The zero-order valence-corrected chi connectivity index (χ0v) is 16.0. The van der Waals surface area contributed by atoms with E-state index in [4.69, 9.17) is 4.74 Å². The molecule has 3 aromatic rings. The summed E-state index contributed by atoms with van der Waals surface area (Å²) in [5.41, 5.74) is -0.0416. The van der Waals surface area contributed by atoms with Gasteiger partial charge in [-0.25, -0.2) is 4.98 Å². The summed E-state index contributed by atoms with van der Waals surface area (Å²) in [4.78, 5) is 7.76. The number of nitrogens with zero attached hydrogens (tertiary/aromatic N) is 3. The fourth-order valence-electron chi connectivity index (χ4n) is 2.55. The summed E-state index contributed by atoms with van der Waals surface area (Å²) in [6.45, 7) is 2.59. The van der Waals surface area contributed by atoms with Gasteiger partial charge in [-0.05, 0) is 42.8 Å². The van der Waals surface area contributed by atoms with Crippen molar-refractivity contribution in [1.29, 1.82) is 5.26 Å². The van der Waals surface area contributed by atoms with Gasteiger partial charge in [0.05, 0.1) is 17.9 Å². The summed E-state index contributed by atoms with van der Waals surface area (Å²) in [6, 6.07) is 15.1. The molecule has 0 fully saturated rings. The molecule has 0 saturated heterocycles. The van der Waals surface area contributed by atoms with Crippen molar-refractivity contribution < 1.29 is 17.9 Å². The van der Waals surface area contributed by atoms with Gasteiger partial charge in [-0.15, -0.1) is 0 Å². The topological polar surface area (TPSA) is 82.9 Å². The number of para-hydroxylation sites is 1. The molecular formula is C21H18F3N5O. The highest BCUT2D eigenvalue weighted by molar-refractivity contribution is 5.67. The van der Waals surface area contributed by atoms with E-state index in [0.29, 0.717) is 24.2 Å². The van der Waals surface area contributed by atoms with Gasteiger partial charge in [-0.3, -0.25) is 0 Å². The van der Waals surface area contributed by atoms with Gasteiger partial charge >= 0.3 is 6.18 Å². The van der Waals surface area contributed by atoms with E-state index < -0.39 is 17.6 Å². The van der Waals surface area contributed by atoms with Crippen molar-refractivity contribution in [1.82, 2.24) is 9.97 Å². The van der Waals surface area contributed by atoms with Gasteiger partial charge in [0, 0.05) is 11.9 Å². The van der Waals surface area contributed by atoms with E-state index in [-0.39, 0.29) is 17.2 Å². The molecule has 2 aromatic carbocycles. The third-order valence-electron chi connectivity index (χ3n) is 3.98. The number of anilines is 4. The molecule has 0 bridgehead atoms. The standard InChI is InChI=1S/C21H18F3N5O/c1-2-11-30-16-9-7-15(8-10-16)27-20-26-13-17(21(22,23)24)19(29-20)28-18-6-4-3-5-14(18)12-25/h3-10,13H,2,11H2,1H3,(H2,26,27,28,29). The summed E-state index contributed by atoms with van der Waals surface area (Å²) in [6.07, 6.45) is -3.09. The summed E-state index contributed by atoms with van der Waals surface area (Å²) in [5, 5.41) is 14.7. The Labute approximate surface area is 171 Å². The highest BCUT2D eigenvalue weighted by atomic mass is 19.4. The lowest BCUT2D eigenvalue weighted by Crippen LogP contribution is -2.13. The Morgan fingerprint density at radius 1 is 1.07 bits per heavy atom. The Bertz CT molecular complexity index is 1050. The van der Waals surface area contributed by atoms with E-state index in [1.165, 1.54) is 12.1 Å². The number of alkyl halides is 3. The number of aromatic nitrogens is 2. The Hall–Kier alpha value is -3.80. The van der Waals surface area contributed by atoms with Crippen molar-refractivity contribution in [2.45, 2.75) is 19.5 Å². The van der Waals surface area contributed by atoms with Crippen LogP contribution in [0.3, 0.4) is 0 Å². The van der Waals surface area contributed by atoms with Crippen LogP contribution in [0.25, 0.3) is 0 Å². The molecule has 0 unspecified atom stereocenters. The lowest BCUT2D eigenvalue weighted by atomic mass is 10.2. The summed E-state index contributed by atoms with van der Waals surface area (Å²) < 4.78 is 45.8. The van der Waals surface area contributed by atoms with Crippen molar-refractivity contribution >= 4 is 23.1 Å². The Morgan fingerprint density at radius 3 is 2.47 bits per heavy atom.